The number of hydrogen-bond acceptors (Lipinski definition) is 1. The average Bonchev–Trinajstić information content (AvgIpc) is 2.33. The van der Waals surface area contributed by atoms with Crippen molar-refractivity contribution in [3.63, 3.8) is 0 Å². The second-order valence-corrected chi connectivity index (χ2v) is 6.09. The molecule has 2 aromatic rings. The summed E-state index contributed by atoms with van der Waals surface area (Å²) in [7, 11) is 0. The number of benzene rings is 2. The molecule has 3 heteroatoms. The molecule has 0 fully saturated rings. The van der Waals surface area contributed by atoms with Crippen LogP contribution in [0.25, 0.3) is 0 Å². The molecule has 0 saturated heterocycles. The second-order valence-electron chi connectivity index (χ2n) is 4.89. The fourth-order valence-corrected chi connectivity index (χ4v) is 2.75. The lowest BCUT2D eigenvalue weighted by molar-refractivity contribution is 0.879. The molecular formula is C16H17BrClN. The molecule has 0 heterocycles. The quantitative estimate of drug-likeness (QED) is 0.735. The van der Waals surface area contributed by atoms with E-state index in [2.05, 4.69) is 60.2 Å². The van der Waals surface area contributed by atoms with Gasteiger partial charge in [-0.15, -0.1) is 0 Å². The minimum atomic E-state index is 0.230. The third-order valence-electron chi connectivity index (χ3n) is 3.07. The summed E-state index contributed by atoms with van der Waals surface area (Å²) >= 11 is 9.62. The van der Waals surface area contributed by atoms with Crippen LogP contribution in [0.5, 0.6) is 0 Å². The highest BCUT2D eigenvalue weighted by molar-refractivity contribution is 9.10. The summed E-state index contributed by atoms with van der Waals surface area (Å²) < 4.78 is 0.910. The Morgan fingerprint density at radius 1 is 1.11 bits per heavy atom. The maximum absolute atomic E-state index is 6.11. The summed E-state index contributed by atoms with van der Waals surface area (Å²) in [5.41, 5.74) is 4.87. The SMILES string of the molecule is Cc1cc(C)cc(C(C)Nc2cccc(Cl)c2Br)c1. The number of rotatable bonds is 3. The van der Waals surface area contributed by atoms with Crippen molar-refractivity contribution >= 4 is 33.2 Å². The van der Waals surface area contributed by atoms with Crippen LogP contribution in [0.15, 0.2) is 40.9 Å². The molecule has 2 aromatic carbocycles. The Bertz CT molecular complexity index is 575. The lowest BCUT2D eigenvalue weighted by atomic mass is 10.0. The molecule has 0 amide bonds. The fraction of sp³-hybridized carbons (Fsp3) is 0.250. The standard InChI is InChI=1S/C16H17BrClN/c1-10-7-11(2)9-13(8-10)12(3)19-15-6-4-5-14(18)16(15)17/h4-9,12,19H,1-3H3. The molecule has 19 heavy (non-hydrogen) atoms. The highest BCUT2D eigenvalue weighted by Gasteiger charge is 2.09. The first kappa shape index (κ1) is 14.4. The number of halogens is 2. The first-order valence-corrected chi connectivity index (χ1v) is 7.43. The van der Waals surface area contributed by atoms with E-state index in [0.29, 0.717) is 0 Å². The van der Waals surface area contributed by atoms with Gasteiger partial charge in [0.25, 0.3) is 0 Å². The fourth-order valence-electron chi connectivity index (χ4n) is 2.19. The maximum atomic E-state index is 6.11. The number of anilines is 1. The van der Waals surface area contributed by atoms with Crippen LogP contribution < -0.4 is 5.32 Å². The van der Waals surface area contributed by atoms with Gasteiger partial charge in [-0.3, -0.25) is 0 Å². The van der Waals surface area contributed by atoms with Gasteiger partial charge in [-0.05, 0) is 54.4 Å². The van der Waals surface area contributed by atoms with Crippen LogP contribution in [0.4, 0.5) is 5.69 Å². The molecule has 0 aromatic heterocycles. The van der Waals surface area contributed by atoms with Crippen LogP contribution in [0.2, 0.25) is 5.02 Å². The van der Waals surface area contributed by atoms with Crippen molar-refractivity contribution in [3.8, 4) is 0 Å². The zero-order valence-corrected chi connectivity index (χ0v) is 13.6. The smallest absolute Gasteiger partial charge is 0.0593 e. The van der Waals surface area contributed by atoms with Gasteiger partial charge in [0.1, 0.15) is 0 Å². The molecule has 0 aliphatic heterocycles. The van der Waals surface area contributed by atoms with Crippen LogP contribution in [0, 0.1) is 13.8 Å². The summed E-state index contributed by atoms with van der Waals surface area (Å²) in [6.07, 6.45) is 0. The van der Waals surface area contributed by atoms with Crippen LogP contribution in [-0.2, 0) is 0 Å². The van der Waals surface area contributed by atoms with Crippen molar-refractivity contribution in [3.05, 3.63) is 62.6 Å². The van der Waals surface area contributed by atoms with E-state index in [4.69, 9.17) is 11.6 Å². The molecule has 0 bridgehead atoms. The van der Waals surface area contributed by atoms with Gasteiger partial charge in [-0.1, -0.05) is 47.0 Å². The van der Waals surface area contributed by atoms with E-state index in [1.54, 1.807) is 0 Å². The van der Waals surface area contributed by atoms with Crippen molar-refractivity contribution in [2.24, 2.45) is 0 Å². The molecule has 1 nitrogen and oxygen atoms in total. The van der Waals surface area contributed by atoms with Gasteiger partial charge in [0, 0.05) is 6.04 Å². The van der Waals surface area contributed by atoms with Gasteiger partial charge in [-0.25, -0.2) is 0 Å². The summed E-state index contributed by atoms with van der Waals surface area (Å²) in [5.74, 6) is 0. The highest BCUT2D eigenvalue weighted by atomic mass is 79.9. The predicted molar refractivity (Wildman–Crippen MR) is 87.1 cm³/mol. The van der Waals surface area contributed by atoms with E-state index in [-0.39, 0.29) is 6.04 Å². The van der Waals surface area contributed by atoms with Crippen LogP contribution in [-0.4, -0.2) is 0 Å². The predicted octanol–water partition coefficient (Wildman–Crippen LogP) is 5.89. The Morgan fingerprint density at radius 3 is 2.37 bits per heavy atom. The lowest BCUT2D eigenvalue weighted by Crippen LogP contribution is -2.07. The van der Waals surface area contributed by atoms with E-state index in [1.807, 2.05) is 18.2 Å². The first-order valence-electron chi connectivity index (χ1n) is 6.26. The summed E-state index contributed by atoms with van der Waals surface area (Å²) in [6, 6.07) is 12.7. The summed E-state index contributed by atoms with van der Waals surface area (Å²) in [4.78, 5) is 0. The Morgan fingerprint density at radius 2 is 1.74 bits per heavy atom. The van der Waals surface area contributed by atoms with Crippen molar-refractivity contribution in [1.29, 1.82) is 0 Å². The van der Waals surface area contributed by atoms with Gasteiger partial charge in [-0.2, -0.15) is 0 Å². The number of aryl methyl sites for hydroxylation is 2. The van der Waals surface area contributed by atoms with E-state index in [1.165, 1.54) is 16.7 Å². The Kier molecular flexibility index (Phi) is 4.54. The Balaban J connectivity index is 2.25. The molecule has 2 rings (SSSR count). The molecule has 100 valence electrons. The second kappa shape index (κ2) is 5.98. The van der Waals surface area contributed by atoms with Crippen molar-refractivity contribution in [1.82, 2.24) is 0 Å². The average molecular weight is 339 g/mol. The van der Waals surface area contributed by atoms with Gasteiger partial charge in [0.15, 0.2) is 0 Å². The molecule has 0 spiro atoms. The molecule has 0 radical (unpaired) electrons. The number of nitrogens with one attached hydrogen (secondary N) is 1. The molecule has 0 saturated carbocycles. The van der Waals surface area contributed by atoms with Crippen molar-refractivity contribution in [2.45, 2.75) is 26.8 Å². The third kappa shape index (κ3) is 3.52. The Labute approximate surface area is 128 Å². The van der Waals surface area contributed by atoms with Crippen molar-refractivity contribution in [2.75, 3.05) is 5.32 Å². The minimum Gasteiger partial charge on any atom is -0.378 e. The number of hydrogen-bond donors (Lipinski definition) is 1. The van der Waals surface area contributed by atoms with Crippen LogP contribution in [0.1, 0.15) is 29.7 Å². The molecular weight excluding hydrogens is 322 g/mol. The van der Waals surface area contributed by atoms with E-state index in [9.17, 15) is 0 Å². The zero-order valence-electron chi connectivity index (χ0n) is 11.3. The van der Waals surface area contributed by atoms with E-state index < -0.39 is 0 Å². The van der Waals surface area contributed by atoms with E-state index in [0.717, 1.165) is 15.2 Å². The molecule has 0 aliphatic carbocycles. The first-order chi connectivity index (χ1) is 8.97. The normalized spacial score (nSPS) is 12.3. The molecule has 1 unspecified atom stereocenters. The lowest BCUT2D eigenvalue weighted by Gasteiger charge is -2.18. The monoisotopic (exact) mass is 337 g/mol. The molecule has 1 atom stereocenters. The van der Waals surface area contributed by atoms with Crippen LogP contribution >= 0.6 is 27.5 Å². The topological polar surface area (TPSA) is 12.0 Å². The molecule has 1 N–H and O–H groups in total. The van der Waals surface area contributed by atoms with Gasteiger partial charge in [0.2, 0.25) is 0 Å². The zero-order chi connectivity index (χ0) is 14.0. The Hall–Kier alpha value is -0.990. The van der Waals surface area contributed by atoms with Gasteiger partial charge < -0.3 is 5.32 Å². The summed E-state index contributed by atoms with van der Waals surface area (Å²) in [5, 5.41) is 4.21. The van der Waals surface area contributed by atoms with Crippen molar-refractivity contribution < 1.29 is 0 Å². The third-order valence-corrected chi connectivity index (χ3v) is 4.47. The van der Waals surface area contributed by atoms with Gasteiger partial charge in [0.05, 0.1) is 15.2 Å². The van der Waals surface area contributed by atoms with Gasteiger partial charge >= 0.3 is 0 Å². The van der Waals surface area contributed by atoms with E-state index >= 15 is 0 Å². The summed E-state index contributed by atoms with van der Waals surface area (Å²) in [6.45, 7) is 6.40. The minimum absolute atomic E-state index is 0.230. The largest absolute Gasteiger partial charge is 0.378 e. The van der Waals surface area contributed by atoms with Crippen LogP contribution in [0.3, 0.4) is 0 Å². The molecule has 0 aliphatic rings. The maximum Gasteiger partial charge on any atom is 0.0593 e. The highest BCUT2D eigenvalue weighted by Crippen LogP contribution is 2.32.